The number of halogens is 3. The minimum absolute atomic E-state index is 0.213. The maximum absolute atomic E-state index is 8.25. The molecule has 0 amide bonds. The largest absolute Gasteiger partial charge is 0.454 e. The number of hydrogen-bond acceptors (Lipinski definition) is 8. The van der Waals surface area contributed by atoms with E-state index < -0.39 is 7.12 Å². The Balaban J connectivity index is 0.000000116. The van der Waals surface area contributed by atoms with Crippen LogP contribution < -0.4 is 0 Å². The maximum Gasteiger partial charge on any atom is 0.454 e. The van der Waals surface area contributed by atoms with Crippen LogP contribution in [0.15, 0.2) is 24.5 Å². The van der Waals surface area contributed by atoms with Crippen LogP contribution in [0.25, 0.3) is 20.4 Å². The van der Waals surface area contributed by atoms with Gasteiger partial charge >= 0.3 is 7.12 Å². The molecule has 12 heteroatoms. The Morgan fingerprint density at radius 2 is 1.40 bits per heavy atom. The van der Waals surface area contributed by atoms with Gasteiger partial charge < -0.3 is 10.0 Å². The van der Waals surface area contributed by atoms with Gasteiger partial charge in [0.25, 0.3) is 0 Å². The van der Waals surface area contributed by atoms with E-state index in [1.807, 2.05) is 6.07 Å². The Morgan fingerprint density at radius 3 is 1.90 bits per heavy atom. The Hall–Kier alpha value is -1.07. The van der Waals surface area contributed by atoms with Crippen LogP contribution in [0.5, 0.6) is 0 Å². The van der Waals surface area contributed by atoms with Gasteiger partial charge in [0.1, 0.15) is 15.8 Å². The van der Waals surface area contributed by atoms with Crippen molar-refractivity contribution >= 4 is 85.0 Å². The zero-order valence-corrected chi connectivity index (χ0v) is 19.4. The number of thiazole rings is 2. The normalized spacial score (nSPS) is 15.4. The van der Waals surface area contributed by atoms with Crippen LogP contribution in [-0.2, 0) is 0 Å². The van der Waals surface area contributed by atoms with E-state index in [9.17, 15) is 0 Å². The Morgan fingerprint density at radius 1 is 0.833 bits per heavy atom. The fourth-order valence-corrected chi connectivity index (χ4v) is 5.13. The Bertz CT molecular complexity index is 1160. The summed E-state index contributed by atoms with van der Waals surface area (Å²) < 4.78 is 2.64. The van der Waals surface area contributed by atoms with Crippen LogP contribution in [0.4, 0.5) is 0 Å². The molecule has 0 bridgehead atoms. The Labute approximate surface area is 196 Å². The maximum atomic E-state index is 8.25. The van der Waals surface area contributed by atoms with Crippen LogP contribution in [0.1, 0.15) is 36.6 Å². The van der Waals surface area contributed by atoms with Crippen molar-refractivity contribution in [2.45, 2.75) is 37.4 Å². The first-order valence-corrected chi connectivity index (χ1v) is 12.0. The molecule has 6 nitrogen and oxygen atoms in total. The molecule has 0 saturated heterocycles. The summed E-state index contributed by atoms with van der Waals surface area (Å²) in [5, 5.41) is 18.8. The summed E-state index contributed by atoms with van der Waals surface area (Å²) in [5.74, 6) is 0.932. The number of rotatable bonds is 2. The molecular formula is C18H16BCl3N4O2S2. The molecule has 4 aromatic rings. The summed E-state index contributed by atoms with van der Waals surface area (Å²) in [7, 11) is -1.04. The number of nitrogens with zero attached hydrogens (tertiary/aromatic N) is 4. The Kier molecular flexibility index (Phi) is 7.09. The summed E-state index contributed by atoms with van der Waals surface area (Å²) in [6.45, 7) is 0. The van der Waals surface area contributed by atoms with E-state index in [1.165, 1.54) is 29.2 Å². The monoisotopic (exact) mass is 500 g/mol. The highest BCUT2D eigenvalue weighted by Crippen LogP contribution is 2.43. The zero-order chi connectivity index (χ0) is 21.3. The van der Waals surface area contributed by atoms with Gasteiger partial charge in [-0.2, -0.15) is 0 Å². The molecule has 0 spiro atoms. The molecular weight excluding hydrogens is 486 g/mol. The smallest absolute Gasteiger partial charge is 0.427 e. The summed E-state index contributed by atoms with van der Waals surface area (Å²) in [4.78, 5) is 16.4. The molecule has 2 aliphatic rings. The van der Waals surface area contributed by atoms with Gasteiger partial charge in [-0.1, -0.05) is 47.6 Å². The van der Waals surface area contributed by atoms with Crippen molar-refractivity contribution in [3.05, 3.63) is 44.3 Å². The lowest BCUT2D eigenvalue weighted by Crippen LogP contribution is -2.09. The molecule has 0 aromatic carbocycles. The lowest BCUT2D eigenvalue weighted by Gasteiger charge is -1.85. The predicted molar refractivity (Wildman–Crippen MR) is 125 cm³/mol. The third-order valence-corrected chi connectivity index (χ3v) is 7.16. The van der Waals surface area contributed by atoms with E-state index in [0.29, 0.717) is 14.8 Å². The molecule has 2 N–H and O–H groups in total. The van der Waals surface area contributed by atoms with E-state index in [2.05, 4.69) is 19.9 Å². The summed E-state index contributed by atoms with van der Waals surface area (Å²) >= 11 is 20.3. The molecule has 6 rings (SSSR count). The van der Waals surface area contributed by atoms with Gasteiger partial charge in [-0.25, -0.2) is 19.9 Å². The van der Waals surface area contributed by atoms with Gasteiger partial charge in [-0.05, 0) is 30.8 Å². The van der Waals surface area contributed by atoms with E-state index >= 15 is 0 Å². The lowest BCUT2D eigenvalue weighted by atomic mass is 9.84. The minimum Gasteiger partial charge on any atom is -0.427 e. The van der Waals surface area contributed by atoms with Crippen LogP contribution in [0.2, 0.25) is 20.6 Å². The summed E-state index contributed by atoms with van der Waals surface area (Å²) in [5.41, 5.74) is 1.78. The second-order valence-corrected chi connectivity index (χ2v) is 10.4. The molecule has 0 radical (unpaired) electrons. The summed E-state index contributed by atoms with van der Waals surface area (Å²) in [6, 6.07) is 3.64. The second kappa shape index (κ2) is 9.60. The van der Waals surface area contributed by atoms with Crippen molar-refractivity contribution in [3.8, 4) is 0 Å². The minimum atomic E-state index is -1.04. The first-order chi connectivity index (χ1) is 14.4. The van der Waals surface area contributed by atoms with Gasteiger partial charge in [0.05, 0.1) is 32.3 Å². The number of fused-ring (bicyclic) bond motifs is 2. The number of pyridine rings is 2. The fraction of sp³-hybridized carbons (Fsp3) is 0.333. The highest BCUT2D eigenvalue weighted by Gasteiger charge is 2.33. The molecule has 4 heterocycles. The fourth-order valence-electron chi connectivity index (χ4n) is 2.50. The third kappa shape index (κ3) is 6.00. The average Bonchev–Trinajstić information content (AvgIpc) is 3.62. The van der Waals surface area contributed by atoms with E-state index in [1.54, 1.807) is 29.8 Å². The van der Waals surface area contributed by atoms with Crippen molar-refractivity contribution in [2.75, 3.05) is 0 Å². The van der Waals surface area contributed by atoms with Crippen LogP contribution in [0.3, 0.4) is 0 Å². The van der Waals surface area contributed by atoms with Crippen molar-refractivity contribution in [1.82, 2.24) is 19.9 Å². The van der Waals surface area contributed by atoms with Gasteiger partial charge in [0, 0.05) is 5.92 Å². The van der Waals surface area contributed by atoms with Gasteiger partial charge in [-0.3, -0.25) is 0 Å². The molecule has 156 valence electrons. The quantitative estimate of drug-likeness (QED) is 0.265. The predicted octanol–water partition coefficient (Wildman–Crippen LogP) is 5.84. The highest BCUT2D eigenvalue weighted by molar-refractivity contribution is 7.22. The standard InChI is InChI=1S/C9H7ClN2S.C6H2Cl2N2S.C3H7BO2/c10-8-3-7-6(4-11-8)12-9(13-7)5-1-2-5;7-5-1-4-3(2-9-5)10-6(8)11-4;5-4(6)3-1-2-3/h3-5H,1-2H2;1-2H;3,5-6H,1-2H2. The van der Waals surface area contributed by atoms with E-state index in [-0.39, 0.29) is 5.82 Å². The SMILES string of the molecule is Clc1cc2sc(C3CC3)nc2cn1.Clc1cc2sc(Cl)nc2cn1.OB(O)C1CC1. The van der Waals surface area contributed by atoms with Crippen molar-refractivity contribution in [3.63, 3.8) is 0 Å². The third-order valence-electron chi connectivity index (χ3n) is 4.44. The molecule has 4 aromatic heterocycles. The van der Waals surface area contributed by atoms with Crippen LogP contribution in [-0.4, -0.2) is 37.1 Å². The first kappa shape index (κ1) is 22.1. The van der Waals surface area contributed by atoms with Gasteiger partial charge in [0.2, 0.25) is 0 Å². The number of aromatic nitrogens is 4. The van der Waals surface area contributed by atoms with E-state index in [4.69, 9.17) is 44.9 Å². The van der Waals surface area contributed by atoms with Crippen molar-refractivity contribution < 1.29 is 10.0 Å². The van der Waals surface area contributed by atoms with Crippen molar-refractivity contribution in [1.29, 1.82) is 0 Å². The molecule has 30 heavy (non-hydrogen) atoms. The summed E-state index contributed by atoms with van der Waals surface area (Å²) in [6.07, 6.45) is 7.94. The molecule has 0 aliphatic heterocycles. The molecule has 0 atom stereocenters. The van der Waals surface area contributed by atoms with Crippen LogP contribution >= 0.6 is 57.5 Å². The highest BCUT2D eigenvalue weighted by atomic mass is 35.5. The average molecular weight is 502 g/mol. The second-order valence-electron chi connectivity index (χ2n) is 6.99. The van der Waals surface area contributed by atoms with E-state index in [0.717, 1.165) is 39.2 Å². The number of hydrogen-bond donors (Lipinski definition) is 2. The molecule has 2 aliphatic carbocycles. The van der Waals surface area contributed by atoms with Crippen molar-refractivity contribution in [2.24, 2.45) is 0 Å². The molecule has 2 saturated carbocycles. The topological polar surface area (TPSA) is 92.0 Å². The lowest BCUT2D eigenvalue weighted by molar-refractivity contribution is 0.403. The van der Waals surface area contributed by atoms with Gasteiger partial charge in [-0.15, -0.1) is 22.7 Å². The molecule has 0 unspecified atom stereocenters. The zero-order valence-electron chi connectivity index (χ0n) is 15.5. The van der Waals surface area contributed by atoms with Gasteiger partial charge in [0.15, 0.2) is 4.47 Å². The molecule has 2 fully saturated rings. The van der Waals surface area contributed by atoms with Crippen LogP contribution in [0, 0.1) is 0 Å². The first-order valence-electron chi connectivity index (χ1n) is 9.24.